The first-order valence-electron chi connectivity index (χ1n) is 8.51. The summed E-state index contributed by atoms with van der Waals surface area (Å²) in [5.41, 5.74) is 1.39. The summed E-state index contributed by atoms with van der Waals surface area (Å²) in [4.78, 5) is 29.0. The highest BCUT2D eigenvalue weighted by atomic mass is 35.5. The topological polar surface area (TPSA) is 52.7 Å². The molecule has 1 aromatic carbocycles. The number of hydrogen-bond donors (Lipinski definition) is 1. The molecule has 4 rings (SSSR count). The smallest absolute Gasteiger partial charge is 0.255 e. The zero-order valence-corrected chi connectivity index (χ0v) is 14.7. The number of carbonyl (C=O) groups is 2. The van der Waals surface area contributed by atoms with Gasteiger partial charge in [-0.15, -0.1) is 12.4 Å². The van der Waals surface area contributed by atoms with Crippen LogP contribution >= 0.6 is 12.4 Å². The monoisotopic (exact) mass is 349 g/mol. The third-order valence-corrected chi connectivity index (χ3v) is 5.43. The van der Waals surface area contributed by atoms with E-state index in [0.717, 1.165) is 44.7 Å². The van der Waals surface area contributed by atoms with Gasteiger partial charge in [0.05, 0.1) is 11.3 Å². The molecule has 3 fully saturated rings. The van der Waals surface area contributed by atoms with E-state index in [-0.39, 0.29) is 30.1 Å². The number of halogens is 1. The number of nitrogens with one attached hydrogen (secondary N) is 1. The van der Waals surface area contributed by atoms with Gasteiger partial charge in [-0.1, -0.05) is 12.1 Å². The van der Waals surface area contributed by atoms with Gasteiger partial charge < -0.3 is 15.1 Å². The number of hydrogen-bond acceptors (Lipinski definition) is 3. The second kappa shape index (κ2) is 6.73. The highest BCUT2D eigenvalue weighted by molar-refractivity contribution is 6.05. The average Bonchev–Trinajstić information content (AvgIpc) is 3.20. The van der Waals surface area contributed by atoms with Crippen LogP contribution in [0.5, 0.6) is 0 Å². The second-order valence-electron chi connectivity index (χ2n) is 7.08. The summed E-state index contributed by atoms with van der Waals surface area (Å²) in [5, 5.41) is 3.40. The van der Waals surface area contributed by atoms with Crippen molar-refractivity contribution in [3.63, 3.8) is 0 Å². The summed E-state index contributed by atoms with van der Waals surface area (Å²) in [6, 6.07) is 7.50. The Kier molecular flexibility index (Phi) is 4.83. The highest BCUT2D eigenvalue weighted by Crippen LogP contribution is 2.34. The predicted octanol–water partition coefficient (Wildman–Crippen LogP) is 1.77. The third-order valence-electron chi connectivity index (χ3n) is 5.43. The van der Waals surface area contributed by atoms with E-state index in [4.69, 9.17) is 0 Å². The lowest BCUT2D eigenvalue weighted by molar-refractivity contribution is -0.119. The van der Waals surface area contributed by atoms with E-state index in [1.165, 1.54) is 0 Å². The van der Waals surface area contributed by atoms with Gasteiger partial charge in [-0.25, -0.2) is 0 Å². The van der Waals surface area contributed by atoms with Crippen molar-refractivity contribution in [2.75, 3.05) is 38.1 Å². The van der Waals surface area contributed by atoms with Crippen LogP contribution in [-0.4, -0.2) is 49.9 Å². The third kappa shape index (κ3) is 3.03. The number of rotatable bonds is 3. The van der Waals surface area contributed by atoms with Gasteiger partial charge in [-0.3, -0.25) is 9.59 Å². The van der Waals surface area contributed by atoms with Crippen molar-refractivity contribution in [3.05, 3.63) is 29.8 Å². The van der Waals surface area contributed by atoms with Crippen LogP contribution in [0.2, 0.25) is 0 Å². The van der Waals surface area contributed by atoms with Crippen LogP contribution < -0.4 is 10.2 Å². The fourth-order valence-electron chi connectivity index (χ4n) is 3.86. The molecule has 2 heterocycles. The maximum atomic E-state index is 13.0. The molecule has 0 unspecified atom stereocenters. The molecule has 130 valence electrons. The highest BCUT2D eigenvalue weighted by Gasteiger charge is 2.39. The zero-order chi connectivity index (χ0) is 16.0. The maximum Gasteiger partial charge on any atom is 0.255 e. The molecule has 6 heteroatoms. The Hall–Kier alpha value is -1.59. The van der Waals surface area contributed by atoms with Crippen molar-refractivity contribution in [1.82, 2.24) is 10.2 Å². The summed E-state index contributed by atoms with van der Waals surface area (Å²) in [6.07, 6.45) is 1.95. The fraction of sp³-hybridized carbons (Fsp3) is 0.556. The minimum absolute atomic E-state index is 0. The van der Waals surface area contributed by atoms with E-state index in [1.54, 1.807) is 11.9 Å². The van der Waals surface area contributed by atoms with Crippen LogP contribution in [0.3, 0.4) is 0 Å². The van der Waals surface area contributed by atoms with Gasteiger partial charge in [0.25, 0.3) is 5.91 Å². The lowest BCUT2D eigenvalue weighted by Crippen LogP contribution is -2.34. The quantitative estimate of drug-likeness (QED) is 0.905. The number of amides is 2. The van der Waals surface area contributed by atoms with Crippen molar-refractivity contribution in [3.8, 4) is 0 Å². The SMILES string of the molecule is CN(C(=O)C1CC1)c1ccccc1C(=O)N1C[C@H]2CNC[C@H]2C1.Cl. The first-order valence-corrected chi connectivity index (χ1v) is 8.51. The summed E-state index contributed by atoms with van der Waals surface area (Å²) in [6.45, 7) is 3.67. The number of nitrogens with zero attached hydrogens (tertiary/aromatic N) is 2. The fourth-order valence-corrected chi connectivity index (χ4v) is 3.86. The van der Waals surface area contributed by atoms with Crippen LogP contribution in [0.4, 0.5) is 5.69 Å². The lowest BCUT2D eigenvalue weighted by atomic mass is 10.0. The van der Waals surface area contributed by atoms with Gasteiger partial charge in [-0.05, 0) is 36.8 Å². The Balaban J connectivity index is 0.00000169. The van der Waals surface area contributed by atoms with Gasteiger partial charge >= 0.3 is 0 Å². The Morgan fingerprint density at radius 3 is 2.38 bits per heavy atom. The van der Waals surface area contributed by atoms with Crippen molar-refractivity contribution < 1.29 is 9.59 Å². The maximum absolute atomic E-state index is 13.0. The van der Waals surface area contributed by atoms with Crippen molar-refractivity contribution in [2.24, 2.45) is 17.8 Å². The van der Waals surface area contributed by atoms with Crippen molar-refractivity contribution in [1.29, 1.82) is 0 Å². The normalized spacial score (nSPS) is 25.1. The second-order valence-corrected chi connectivity index (χ2v) is 7.08. The Bertz CT molecular complexity index is 635. The van der Waals surface area contributed by atoms with Crippen LogP contribution in [0.1, 0.15) is 23.2 Å². The minimum Gasteiger partial charge on any atom is -0.338 e. The molecule has 0 aromatic heterocycles. The molecule has 0 spiro atoms. The summed E-state index contributed by atoms with van der Waals surface area (Å²) < 4.78 is 0. The summed E-state index contributed by atoms with van der Waals surface area (Å²) in [5.74, 6) is 1.51. The number of carbonyl (C=O) groups excluding carboxylic acids is 2. The van der Waals surface area contributed by atoms with E-state index in [2.05, 4.69) is 5.32 Å². The van der Waals surface area contributed by atoms with E-state index in [0.29, 0.717) is 17.4 Å². The Morgan fingerprint density at radius 1 is 1.12 bits per heavy atom. The molecule has 5 nitrogen and oxygen atoms in total. The van der Waals surface area contributed by atoms with Crippen LogP contribution in [0.15, 0.2) is 24.3 Å². The molecule has 2 atom stereocenters. The molecule has 2 aliphatic heterocycles. The van der Waals surface area contributed by atoms with Gasteiger partial charge in [-0.2, -0.15) is 0 Å². The van der Waals surface area contributed by atoms with E-state index in [1.807, 2.05) is 29.2 Å². The molecule has 1 N–H and O–H groups in total. The van der Waals surface area contributed by atoms with E-state index >= 15 is 0 Å². The molecular formula is C18H24ClN3O2. The first-order chi connectivity index (χ1) is 11.1. The van der Waals surface area contributed by atoms with E-state index in [9.17, 15) is 9.59 Å². The number of para-hydroxylation sites is 1. The number of anilines is 1. The zero-order valence-electron chi connectivity index (χ0n) is 13.9. The molecule has 2 amide bonds. The van der Waals surface area contributed by atoms with Gasteiger partial charge in [0.1, 0.15) is 0 Å². The van der Waals surface area contributed by atoms with Crippen molar-refractivity contribution >= 4 is 29.9 Å². The molecule has 1 aliphatic carbocycles. The molecule has 3 aliphatic rings. The lowest BCUT2D eigenvalue weighted by Gasteiger charge is -2.23. The molecule has 1 aromatic rings. The van der Waals surface area contributed by atoms with Gasteiger partial charge in [0.2, 0.25) is 5.91 Å². The standard InChI is InChI=1S/C18H23N3O2.ClH/c1-20(17(22)12-6-7-12)16-5-3-2-4-15(16)18(23)21-10-13-8-19-9-14(13)11-21;/h2-5,12-14,19H,6-11H2,1H3;1H/t13-,14+;. The van der Waals surface area contributed by atoms with Crippen LogP contribution in [-0.2, 0) is 4.79 Å². The first kappa shape index (κ1) is 17.2. The van der Waals surface area contributed by atoms with Gasteiger partial charge in [0.15, 0.2) is 0 Å². The molecular weight excluding hydrogens is 326 g/mol. The number of likely N-dealkylation sites (tertiary alicyclic amines) is 1. The molecule has 0 bridgehead atoms. The number of fused-ring (bicyclic) bond motifs is 1. The minimum atomic E-state index is 0. The average molecular weight is 350 g/mol. The van der Waals surface area contributed by atoms with Crippen LogP contribution in [0.25, 0.3) is 0 Å². The largest absolute Gasteiger partial charge is 0.338 e. The molecule has 0 radical (unpaired) electrons. The molecule has 1 saturated carbocycles. The number of benzene rings is 1. The molecule has 24 heavy (non-hydrogen) atoms. The van der Waals surface area contributed by atoms with E-state index < -0.39 is 0 Å². The van der Waals surface area contributed by atoms with Gasteiger partial charge in [0, 0.05) is 39.1 Å². The Labute approximate surface area is 148 Å². The predicted molar refractivity (Wildman–Crippen MR) is 95.6 cm³/mol. The summed E-state index contributed by atoms with van der Waals surface area (Å²) >= 11 is 0. The Morgan fingerprint density at radius 2 is 1.75 bits per heavy atom. The summed E-state index contributed by atoms with van der Waals surface area (Å²) in [7, 11) is 1.79. The van der Waals surface area contributed by atoms with Crippen molar-refractivity contribution in [2.45, 2.75) is 12.8 Å². The molecule has 2 saturated heterocycles. The van der Waals surface area contributed by atoms with Crippen LogP contribution in [0, 0.1) is 17.8 Å².